The number of halogens is 1. The van der Waals surface area contributed by atoms with Gasteiger partial charge < -0.3 is 10.2 Å². The van der Waals surface area contributed by atoms with Crippen LogP contribution in [-0.2, 0) is 10.0 Å². The first-order chi connectivity index (χ1) is 12.3. The second-order valence-corrected chi connectivity index (χ2v) is 7.74. The second-order valence-electron chi connectivity index (χ2n) is 6.05. The van der Waals surface area contributed by atoms with Crippen LogP contribution in [0.5, 0.6) is 0 Å². The van der Waals surface area contributed by atoms with Crippen LogP contribution in [-0.4, -0.2) is 46.4 Å². The number of hydrogen-bond donors (Lipinski definition) is 2. The van der Waals surface area contributed by atoms with Crippen molar-refractivity contribution in [3.05, 3.63) is 59.9 Å². The molecule has 2 aromatic carbocycles. The number of amides is 1. The number of carbonyl (C=O) groups excluding carboxylic acids is 1. The molecule has 26 heavy (non-hydrogen) atoms. The molecule has 0 saturated heterocycles. The van der Waals surface area contributed by atoms with Gasteiger partial charge in [-0.2, -0.15) is 0 Å². The molecule has 2 rings (SSSR count). The molecule has 0 radical (unpaired) electrons. The molecule has 0 aliphatic heterocycles. The van der Waals surface area contributed by atoms with Gasteiger partial charge in [0.2, 0.25) is 0 Å². The van der Waals surface area contributed by atoms with Crippen molar-refractivity contribution in [2.24, 2.45) is 0 Å². The molecule has 8 heteroatoms. The highest BCUT2D eigenvalue weighted by atomic mass is 32.2. The van der Waals surface area contributed by atoms with Crippen LogP contribution < -0.4 is 10.0 Å². The van der Waals surface area contributed by atoms with E-state index >= 15 is 0 Å². The normalized spacial score (nSPS) is 11.4. The summed E-state index contributed by atoms with van der Waals surface area (Å²) in [4.78, 5) is 14.2. The lowest BCUT2D eigenvalue weighted by molar-refractivity contribution is 0.0952. The Labute approximate surface area is 153 Å². The van der Waals surface area contributed by atoms with Crippen molar-refractivity contribution in [2.45, 2.75) is 11.3 Å². The molecule has 1 amide bonds. The molecule has 0 heterocycles. The zero-order valence-corrected chi connectivity index (χ0v) is 15.5. The van der Waals surface area contributed by atoms with Crippen molar-refractivity contribution < 1.29 is 17.6 Å². The molecule has 0 aromatic heterocycles. The minimum atomic E-state index is -3.88. The Kier molecular flexibility index (Phi) is 6.70. The molecule has 0 saturated carbocycles. The lowest BCUT2D eigenvalue weighted by atomic mass is 10.2. The molecule has 6 nitrogen and oxygen atoms in total. The van der Waals surface area contributed by atoms with Gasteiger partial charge in [0.15, 0.2) is 0 Å². The predicted octanol–water partition coefficient (Wildman–Crippen LogP) is 2.31. The molecule has 140 valence electrons. The lowest BCUT2D eigenvalue weighted by Gasteiger charge is -2.11. The molecule has 2 aromatic rings. The van der Waals surface area contributed by atoms with Crippen molar-refractivity contribution in [3.8, 4) is 0 Å². The fourth-order valence-corrected chi connectivity index (χ4v) is 3.34. The largest absolute Gasteiger partial charge is 0.352 e. The molecule has 2 N–H and O–H groups in total. The Hall–Kier alpha value is -2.45. The Morgan fingerprint density at radius 1 is 1.12 bits per heavy atom. The topological polar surface area (TPSA) is 78.5 Å². The summed E-state index contributed by atoms with van der Waals surface area (Å²) in [5, 5.41) is 2.77. The number of rotatable bonds is 8. The smallest absolute Gasteiger partial charge is 0.261 e. The highest BCUT2D eigenvalue weighted by molar-refractivity contribution is 7.92. The first-order valence-electron chi connectivity index (χ1n) is 8.09. The number of carbonyl (C=O) groups is 1. The summed E-state index contributed by atoms with van der Waals surface area (Å²) in [5.74, 6) is -0.788. The van der Waals surface area contributed by atoms with E-state index < -0.39 is 15.8 Å². The van der Waals surface area contributed by atoms with Gasteiger partial charge in [0.05, 0.1) is 4.90 Å². The van der Waals surface area contributed by atoms with E-state index in [0.717, 1.165) is 25.1 Å². The Morgan fingerprint density at radius 3 is 2.46 bits per heavy atom. The third-order valence-corrected chi connectivity index (χ3v) is 4.95. The zero-order valence-electron chi connectivity index (χ0n) is 14.7. The SMILES string of the molecule is CN(C)CCCNC(=O)c1cccc(S(=O)(=O)Nc2ccc(F)cc2)c1. The number of hydrogen-bond acceptors (Lipinski definition) is 4. The van der Waals surface area contributed by atoms with E-state index in [2.05, 4.69) is 10.0 Å². The van der Waals surface area contributed by atoms with Crippen LogP contribution in [0.4, 0.5) is 10.1 Å². The number of anilines is 1. The van der Waals surface area contributed by atoms with E-state index in [9.17, 15) is 17.6 Å². The summed E-state index contributed by atoms with van der Waals surface area (Å²) >= 11 is 0. The number of sulfonamides is 1. The molecule has 0 fully saturated rings. The van der Waals surface area contributed by atoms with Crippen LogP contribution >= 0.6 is 0 Å². The van der Waals surface area contributed by atoms with E-state index in [1.54, 1.807) is 6.07 Å². The quantitative estimate of drug-likeness (QED) is 0.690. The van der Waals surface area contributed by atoms with Gasteiger partial charge in [-0.1, -0.05) is 6.07 Å². The summed E-state index contributed by atoms with van der Waals surface area (Å²) in [5.41, 5.74) is 0.502. The maximum Gasteiger partial charge on any atom is 0.261 e. The first-order valence-corrected chi connectivity index (χ1v) is 9.57. The highest BCUT2D eigenvalue weighted by Gasteiger charge is 2.16. The molecule has 0 unspecified atom stereocenters. The second kappa shape index (κ2) is 8.77. The molecule has 0 bridgehead atoms. The van der Waals surface area contributed by atoms with Crippen molar-refractivity contribution in [3.63, 3.8) is 0 Å². The monoisotopic (exact) mass is 379 g/mol. The Balaban J connectivity index is 2.07. The molecular weight excluding hydrogens is 357 g/mol. The zero-order chi connectivity index (χ0) is 19.2. The summed E-state index contributed by atoms with van der Waals surface area (Å²) in [6.07, 6.45) is 0.794. The molecule has 0 atom stereocenters. The third-order valence-electron chi connectivity index (χ3n) is 3.57. The van der Waals surface area contributed by atoms with Gasteiger partial charge in [-0.25, -0.2) is 12.8 Å². The molecule has 0 aliphatic carbocycles. The van der Waals surface area contributed by atoms with Crippen LogP contribution in [0.25, 0.3) is 0 Å². The summed E-state index contributed by atoms with van der Waals surface area (Å²) in [6, 6.07) is 10.8. The fraction of sp³-hybridized carbons (Fsp3) is 0.278. The van der Waals surface area contributed by atoms with Crippen molar-refractivity contribution in [1.29, 1.82) is 0 Å². The Morgan fingerprint density at radius 2 is 1.81 bits per heavy atom. The third kappa shape index (κ3) is 5.82. The first kappa shape index (κ1) is 19.9. The van der Waals surface area contributed by atoms with Crippen LogP contribution in [0, 0.1) is 5.82 Å². The van der Waals surface area contributed by atoms with E-state index in [0.29, 0.717) is 6.54 Å². The number of nitrogens with zero attached hydrogens (tertiary/aromatic N) is 1. The minimum Gasteiger partial charge on any atom is -0.352 e. The molecular formula is C18H22FN3O3S. The standard InChI is InChI=1S/C18H22FN3O3S/c1-22(2)12-4-11-20-18(23)14-5-3-6-17(13-14)26(24,25)21-16-9-7-15(19)8-10-16/h3,5-10,13,21H,4,11-12H2,1-2H3,(H,20,23). The minimum absolute atomic E-state index is 0.0391. The maximum atomic E-state index is 12.9. The maximum absolute atomic E-state index is 12.9. The number of benzene rings is 2. The molecule has 0 aliphatic rings. The van der Waals surface area contributed by atoms with Gasteiger partial charge in [-0.3, -0.25) is 9.52 Å². The van der Waals surface area contributed by atoms with Gasteiger partial charge in [-0.15, -0.1) is 0 Å². The van der Waals surface area contributed by atoms with Crippen LogP contribution in [0.1, 0.15) is 16.8 Å². The highest BCUT2D eigenvalue weighted by Crippen LogP contribution is 2.17. The molecule has 0 spiro atoms. The van der Waals surface area contributed by atoms with Crippen LogP contribution in [0.2, 0.25) is 0 Å². The van der Waals surface area contributed by atoms with Gasteiger partial charge >= 0.3 is 0 Å². The van der Waals surface area contributed by atoms with Crippen molar-refractivity contribution in [1.82, 2.24) is 10.2 Å². The van der Waals surface area contributed by atoms with Crippen LogP contribution in [0.15, 0.2) is 53.4 Å². The Bertz CT molecular complexity index is 852. The van der Waals surface area contributed by atoms with Crippen molar-refractivity contribution in [2.75, 3.05) is 31.9 Å². The van der Waals surface area contributed by atoms with E-state index in [-0.39, 0.29) is 22.1 Å². The lowest BCUT2D eigenvalue weighted by Crippen LogP contribution is -2.27. The van der Waals surface area contributed by atoms with E-state index in [1.807, 2.05) is 19.0 Å². The fourth-order valence-electron chi connectivity index (χ4n) is 2.24. The average molecular weight is 379 g/mol. The van der Waals surface area contributed by atoms with E-state index in [4.69, 9.17) is 0 Å². The van der Waals surface area contributed by atoms with Gasteiger partial charge in [-0.05, 0) is 69.5 Å². The van der Waals surface area contributed by atoms with Gasteiger partial charge in [0.25, 0.3) is 15.9 Å². The summed E-state index contributed by atoms with van der Waals surface area (Å²) in [6.45, 7) is 1.35. The predicted molar refractivity (Wildman–Crippen MR) is 99.2 cm³/mol. The van der Waals surface area contributed by atoms with Gasteiger partial charge in [0, 0.05) is 17.8 Å². The summed E-state index contributed by atoms with van der Waals surface area (Å²) < 4.78 is 40.2. The van der Waals surface area contributed by atoms with Crippen molar-refractivity contribution >= 4 is 21.6 Å². The van der Waals surface area contributed by atoms with Crippen LogP contribution in [0.3, 0.4) is 0 Å². The van der Waals surface area contributed by atoms with Gasteiger partial charge in [0.1, 0.15) is 5.82 Å². The van der Waals surface area contributed by atoms with E-state index in [1.165, 1.54) is 30.3 Å². The average Bonchev–Trinajstić information content (AvgIpc) is 2.60. The summed E-state index contributed by atoms with van der Waals surface area (Å²) in [7, 11) is 0.0196. The number of nitrogens with one attached hydrogen (secondary N) is 2.